The number of methoxy groups -OCH3 is 1. The molecule has 4 heterocycles. The Balaban J connectivity index is 1.94. The van der Waals surface area contributed by atoms with Crippen LogP contribution in [0.3, 0.4) is 0 Å². The molecule has 2 N–H and O–H groups in total. The molecular weight excluding hydrogens is 388 g/mol. The summed E-state index contributed by atoms with van der Waals surface area (Å²) in [5.74, 6) is -0.340. The van der Waals surface area contributed by atoms with Gasteiger partial charge in [0.2, 0.25) is 0 Å². The molecule has 0 spiro atoms. The fraction of sp³-hybridized carbons (Fsp3) is 0.409. The Morgan fingerprint density at radius 1 is 1.33 bits per heavy atom. The first kappa shape index (κ1) is 20.2. The van der Waals surface area contributed by atoms with Gasteiger partial charge in [0.15, 0.2) is 0 Å². The van der Waals surface area contributed by atoms with E-state index in [1.807, 2.05) is 11.0 Å². The van der Waals surface area contributed by atoms with Crippen LogP contribution in [0, 0.1) is 11.8 Å². The Morgan fingerprint density at radius 3 is 2.73 bits per heavy atom. The van der Waals surface area contributed by atoms with Gasteiger partial charge in [-0.3, -0.25) is 9.88 Å². The zero-order valence-electron chi connectivity index (χ0n) is 16.7. The van der Waals surface area contributed by atoms with Crippen LogP contribution in [0.2, 0.25) is 0 Å². The molecule has 30 heavy (non-hydrogen) atoms. The van der Waals surface area contributed by atoms with E-state index in [-0.39, 0.29) is 17.4 Å². The van der Waals surface area contributed by atoms with Gasteiger partial charge in [0.1, 0.15) is 5.75 Å². The summed E-state index contributed by atoms with van der Waals surface area (Å²) in [6, 6.07) is 6.00. The van der Waals surface area contributed by atoms with Gasteiger partial charge in [0, 0.05) is 23.7 Å². The number of rotatable bonds is 6. The van der Waals surface area contributed by atoms with Crippen molar-refractivity contribution < 1.29 is 29.3 Å². The summed E-state index contributed by atoms with van der Waals surface area (Å²) < 4.78 is 10.6. The SMILES string of the molecule is C=C[C@H]1CN2CC[C@H]1C[C@H]2[C@@](OC(=O)O)(C(=O)O)c1ccnc2ccc(OC)cc12. The predicted molar refractivity (Wildman–Crippen MR) is 108 cm³/mol. The quantitative estimate of drug-likeness (QED) is 0.550. The fourth-order valence-electron chi connectivity index (χ4n) is 5.08. The van der Waals surface area contributed by atoms with Crippen LogP contribution in [-0.2, 0) is 15.1 Å². The maximum absolute atomic E-state index is 12.8. The summed E-state index contributed by atoms with van der Waals surface area (Å²) in [6.07, 6.45) is 3.18. The Bertz CT molecular complexity index is 1010. The zero-order chi connectivity index (χ0) is 21.5. The third kappa shape index (κ3) is 3.08. The summed E-state index contributed by atoms with van der Waals surface area (Å²) in [7, 11) is 1.51. The minimum atomic E-state index is -2.09. The van der Waals surface area contributed by atoms with E-state index in [9.17, 15) is 19.8 Å². The van der Waals surface area contributed by atoms with E-state index in [1.165, 1.54) is 19.4 Å². The third-order valence-corrected chi connectivity index (χ3v) is 6.49. The molecule has 0 saturated carbocycles. The molecule has 3 aliphatic heterocycles. The molecule has 8 heteroatoms. The van der Waals surface area contributed by atoms with Crippen molar-refractivity contribution in [3.8, 4) is 5.75 Å². The van der Waals surface area contributed by atoms with Crippen molar-refractivity contribution in [3.63, 3.8) is 0 Å². The van der Waals surface area contributed by atoms with Crippen molar-refractivity contribution in [1.29, 1.82) is 0 Å². The Labute approximate surface area is 173 Å². The average Bonchev–Trinajstić information content (AvgIpc) is 2.76. The zero-order valence-corrected chi connectivity index (χ0v) is 16.7. The maximum atomic E-state index is 12.8. The second-order valence-electron chi connectivity index (χ2n) is 7.85. The highest BCUT2D eigenvalue weighted by Crippen LogP contribution is 2.47. The van der Waals surface area contributed by atoms with Crippen molar-refractivity contribution in [1.82, 2.24) is 9.88 Å². The Morgan fingerprint density at radius 2 is 2.13 bits per heavy atom. The number of aliphatic carboxylic acids is 1. The van der Waals surface area contributed by atoms with Gasteiger partial charge in [-0.15, -0.1) is 6.58 Å². The molecule has 0 radical (unpaired) electrons. The van der Waals surface area contributed by atoms with Gasteiger partial charge in [-0.1, -0.05) is 6.08 Å². The maximum Gasteiger partial charge on any atom is 0.507 e. The second-order valence-corrected chi connectivity index (χ2v) is 7.85. The van der Waals surface area contributed by atoms with Crippen LogP contribution >= 0.6 is 0 Å². The van der Waals surface area contributed by atoms with E-state index >= 15 is 0 Å². The first-order valence-electron chi connectivity index (χ1n) is 9.86. The van der Waals surface area contributed by atoms with Crippen molar-refractivity contribution in [2.45, 2.75) is 24.5 Å². The average molecular weight is 412 g/mol. The van der Waals surface area contributed by atoms with Crippen molar-refractivity contribution in [3.05, 3.63) is 48.7 Å². The van der Waals surface area contributed by atoms with E-state index < -0.39 is 23.8 Å². The number of hydrogen-bond donors (Lipinski definition) is 2. The lowest BCUT2D eigenvalue weighted by Crippen LogP contribution is -2.64. The van der Waals surface area contributed by atoms with Gasteiger partial charge in [0.05, 0.1) is 18.7 Å². The Hall–Kier alpha value is -3.13. The first-order chi connectivity index (χ1) is 14.4. The lowest BCUT2D eigenvalue weighted by Gasteiger charge is -2.53. The van der Waals surface area contributed by atoms with Crippen LogP contribution in [0.25, 0.3) is 10.9 Å². The summed E-state index contributed by atoms with van der Waals surface area (Å²) in [5, 5.41) is 20.5. The van der Waals surface area contributed by atoms with E-state index in [0.29, 0.717) is 36.2 Å². The number of ether oxygens (including phenoxy) is 2. The smallest absolute Gasteiger partial charge is 0.497 e. The number of pyridine rings is 1. The van der Waals surface area contributed by atoms with Gasteiger partial charge in [-0.2, -0.15) is 0 Å². The molecule has 1 unspecified atom stereocenters. The lowest BCUT2D eigenvalue weighted by molar-refractivity contribution is -0.180. The number of nitrogens with zero attached hydrogens (tertiary/aromatic N) is 2. The van der Waals surface area contributed by atoms with Crippen molar-refractivity contribution in [2.75, 3.05) is 20.2 Å². The van der Waals surface area contributed by atoms with Crippen LogP contribution in [-0.4, -0.2) is 58.5 Å². The van der Waals surface area contributed by atoms with Crippen LogP contribution in [0.15, 0.2) is 43.1 Å². The normalized spacial score (nSPS) is 27.2. The molecule has 0 amide bonds. The predicted octanol–water partition coefficient (Wildman–Crippen LogP) is 3.11. The molecule has 3 fully saturated rings. The number of aromatic nitrogens is 1. The van der Waals surface area contributed by atoms with E-state index in [0.717, 1.165) is 6.42 Å². The van der Waals surface area contributed by atoms with Crippen LogP contribution in [0.5, 0.6) is 5.75 Å². The molecule has 0 aliphatic carbocycles. The molecule has 2 bridgehead atoms. The largest absolute Gasteiger partial charge is 0.507 e. The molecule has 3 aliphatic rings. The highest BCUT2D eigenvalue weighted by molar-refractivity contribution is 5.92. The number of carbonyl (C=O) groups is 2. The van der Waals surface area contributed by atoms with Crippen molar-refractivity contribution >= 4 is 23.0 Å². The third-order valence-electron chi connectivity index (χ3n) is 6.49. The fourth-order valence-corrected chi connectivity index (χ4v) is 5.08. The molecular formula is C22H24N2O6. The standard InChI is InChI=1S/C22H24N2O6/c1-3-13-12-24-9-7-14(13)10-19(24)22(20(25)26,30-21(27)28)17-6-8-23-18-5-4-15(29-2)11-16(17)18/h3-6,8,11,13-14,19H,1,7,9-10,12H2,2H3,(H,25,26)(H,27,28)/t13-,14-,19-,22+/m0/s1. The topological polar surface area (TPSA) is 109 Å². The van der Waals surface area contributed by atoms with E-state index in [2.05, 4.69) is 11.6 Å². The minimum absolute atomic E-state index is 0.233. The van der Waals surface area contributed by atoms with E-state index in [4.69, 9.17) is 9.47 Å². The molecule has 1 aromatic carbocycles. The number of hydrogen-bond acceptors (Lipinski definition) is 6. The number of fused-ring (bicyclic) bond motifs is 4. The second kappa shape index (κ2) is 7.60. The number of benzene rings is 1. The van der Waals surface area contributed by atoms with Gasteiger partial charge in [0.25, 0.3) is 5.60 Å². The van der Waals surface area contributed by atoms with Gasteiger partial charge < -0.3 is 19.7 Å². The molecule has 158 valence electrons. The first-order valence-corrected chi connectivity index (χ1v) is 9.86. The summed E-state index contributed by atoms with van der Waals surface area (Å²) >= 11 is 0. The highest BCUT2D eigenvalue weighted by Gasteiger charge is 2.58. The van der Waals surface area contributed by atoms with Gasteiger partial charge in [-0.25, -0.2) is 9.59 Å². The van der Waals surface area contributed by atoms with Crippen LogP contribution in [0.1, 0.15) is 18.4 Å². The Kier molecular flexibility index (Phi) is 5.11. The van der Waals surface area contributed by atoms with Crippen LogP contribution in [0.4, 0.5) is 4.79 Å². The number of carboxylic acid groups (broad SMARTS) is 2. The van der Waals surface area contributed by atoms with Crippen molar-refractivity contribution in [2.24, 2.45) is 11.8 Å². The summed E-state index contributed by atoms with van der Waals surface area (Å²) in [6.45, 7) is 5.21. The summed E-state index contributed by atoms with van der Waals surface area (Å²) in [5.41, 5.74) is -1.30. The van der Waals surface area contributed by atoms with Crippen LogP contribution < -0.4 is 4.74 Å². The highest BCUT2D eigenvalue weighted by atomic mass is 16.7. The van der Waals surface area contributed by atoms with Gasteiger partial charge >= 0.3 is 12.1 Å². The molecule has 2 aromatic rings. The number of piperidine rings is 3. The number of carboxylic acids is 1. The van der Waals surface area contributed by atoms with Gasteiger partial charge in [-0.05, 0) is 55.5 Å². The molecule has 3 saturated heterocycles. The molecule has 8 nitrogen and oxygen atoms in total. The molecule has 5 rings (SSSR count). The lowest BCUT2D eigenvalue weighted by atomic mass is 9.69. The minimum Gasteiger partial charge on any atom is -0.497 e. The monoisotopic (exact) mass is 412 g/mol. The molecule has 1 aromatic heterocycles. The van der Waals surface area contributed by atoms with E-state index in [1.54, 1.807) is 18.2 Å². The summed E-state index contributed by atoms with van der Waals surface area (Å²) in [4.78, 5) is 30.9. The molecule has 5 atom stereocenters.